The van der Waals surface area contributed by atoms with E-state index in [1.165, 1.54) is 12.1 Å². The van der Waals surface area contributed by atoms with Crippen molar-refractivity contribution in [2.45, 2.75) is 50.0 Å². The number of hydrogen-bond acceptors (Lipinski definition) is 6. The quantitative estimate of drug-likeness (QED) is 0.233. The van der Waals surface area contributed by atoms with Crippen LogP contribution in [0.1, 0.15) is 53.9 Å². The lowest BCUT2D eigenvalue weighted by molar-refractivity contribution is -0.176. The van der Waals surface area contributed by atoms with Crippen molar-refractivity contribution in [2.24, 2.45) is 0 Å². The van der Waals surface area contributed by atoms with Gasteiger partial charge in [0.25, 0.3) is 0 Å². The second kappa shape index (κ2) is 11.2. The molecule has 0 saturated carbocycles. The second-order valence-corrected chi connectivity index (χ2v) is 11.4. The predicted octanol–water partition coefficient (Wildman–Crippen LogP) is 5.50. The minimum absolute atomic E-state index is 0.000743. The number of fused-ring (bicyclic) bond motifs is 2. The monoisotopic (exact) mass is 599 g/mol. The minimum Gasteiger partial charge on any atom is -0.479 e. The largest absolute Gasteiger partial charge is 0.479 e. The number of nitrogens with zero attached hydrogens (tertiary/aromatic N) is 3. The molecule has 0 amide bonds. The summed E-state index contributed by atoms with van der Waals surface area (Å²) in [4.78, 5) is 23.4. The molecule has 4 heterocycles. The maximum absolute atomic E-state index is 14.1. The Labute approximate surface area is 250 Å². The molecule has 3 unspecified atom stereocenters. The average Bonchev–Trinajstić information content (AvgIpc) is 3.59. The summed E-state index contributed by atoms with van der Waals surface area (Å²) < 4.78 is 29.4. The molecule has 2 aliphatic heterocycles. The molecule has 2 aliphatic rings. The van der Waals surface area contributed by atoms with Crippen molar-refractivity contribution in [1.29, 1.82) is 0 Å². The Balaban J connectivity index is 1.50. The van der Waals surface area contributed by atoms with Gasteiger partial charge in [-0.3, -0.25) is 0 Å². The van der Waals surface area contributed by atoms with E-state index in [1.807, 2.05) is 12.1 Å². The maximum Gasteiger partial charge on any atom is 0.335 e. The van der Waals surface area contributed by atoms with Gasteiger partial charge in [-0.2, -0.15) is 5.10 Å². The van der Waals surface area contributed by atoms with Crippen LogP contribution in [0.15, 0.2) is 66.9 Å². The van der Waals surface area contributed by atoms with E-state index in [2.05, 4.69) is 9.67 Å². The third kappa shape index (κ3) is 4.92. The Morgan fingerprint density at radius 2 is 1.66 bits per heavy atom. The number of carboxylic acids is 2. The Hall–Kier alpha value is -4.58. The number of carboxylic acid groups (broad SMARTS) is 2. The van der Waals surface area contributed by atoms with Gasteiger partial charge in [0, 0.05) is 59.7 Å². The molecule has 3 atom stereocenters. The lowest BCUT2D eigenvalue weighted by Gasteiger charge is -2.31. The van der Waals surface area contributed by atoms with E-state index in [9.17, 15) is 29.3 Å². The smallest absolute Gasteiger partial charge is 0.335 e. The van der Waals surface area contributed by atoms with E-state index in [1.54, 1.807) is 47.3 Å². The average molecular weight is 600 g/mol. The molecule has 3 N–H and O–H groups in total. The summed E-state index contributed by atoms with van der Waals surface area (Å²) in [5.41, 5.74) is 5.25. The fourth-order valence-corrected chi connectivity index (χ4v) is 6.58. The number of aliphatic hydroxyl groups excluding tert-OH is 1. The Bertz CT molecular complexity index is 1870. The molecule has 2 fully saturated rings. The van der Waals surface area contributed by atoms with Crippen molar-refractivity contribution < 1.29 is 38.8 Å². The lowest BCUT2D eigenvalue weighted by atomic mass is 9.89. The van der Waals surface area contributed by atoms with Crippen LogP contribution in [0.2, 0.25) is 0 Å². The third-order valence-corrected chi connectivity index (χ3v) is 8.66. The van der Waals surface area contributed by atoms with Gasteiger partial charge in [-0.15, -0.1) is 0 Å². The third-order valence-electron chi connectivity index (χ3n) is 8.66. The summed E-state index contributed by atoms with van der Waals surface area (Å²) in [6, 6.07) is 17.1. The van der Waals surface area contributed by atoms with Gasteiger partial charge in [0.1, 0.15) is 5.82 Å². The molecule has 2 saturated heterocycles. The molecule has 0 aliphatic carbocycles. The minimum atomic E-state index is -1.16. The summed E-state index contributed by atoms with van der Waals surface area (Å²) in [5, 5.41) is 35.8. The van der Waals surface area contributed by atoms with Crippen LogP contribution in [0.5, 0.6) is 0 Å². The molecule has 0 spiro atoms. The van der Waals surface area contributed by atoms with Crippen LogP contribution in [-0.2, 0) is 14.3 Å². The second-order valence-electron chi connectivity index (χ2n) is 11.4. The molecule has 5 aromatic rings. The molecular weight excluding hydrogens is 569 g/mol. The van der Waals surface area contributed by atoms with Crippen LogP contribution < -0.4 is 0 Å². The van der Waals surface area contributed by atoms with Gasteiger partial charge in [-0.05, 0) is 66.9 Å². The molecule has 0 bridgehead atoms. The number of carbonyl (C=O) groups is 2. The van der Waals surface area contributed by atoms with E-state index < -0.39 is 30.4 Å². The normalized spacial score (nSPS) is 21.2. The fraction of sp³-hybridized carbons (Fsp3) is 0.303. The van der Waals surface area contributed by atoms with E-state index in [-0.39, 0.29) is 30.1 Å². The number of aromatic carboxylic acids is 1. The lowest BCUT2D eigenvalue weighted by Crippen LogP contribution is -2.38. The van der Waals surface area contributed by atoms with E-state index >= 15 is 0 Å². The van der Waals surface area contributed by atoms with Gasteiger partial charge in [-0.1, -0.05) is 12.1 Å². The Morgan fingerprint density at radius 3 is 2.34 bits per heavy atom. The Kier molecular flexibility index (Phi) is 7.16. The number of aliphatic hydroxyl groups is 1. The van der Waals surface area contributed by atoms with E-state index in [0.717, 1.165) is 51.6 Å². The number of aliphatic carboxylic acids is 1. The zero-order valence-corrected chi connectivity index (χ0v) is 23.6. The van der Waals surface area contributed by atoms with Gasteiger partial charge < -0.3 is 29.4 Å². The fourth-order valence-electron chi connectivity index (χ4n) is 6.58. The van der Waals surface area contributed by atoms with Gasteiger partial charge >= 0.3 is 11.9 Å². The first-order chi connectivity index (χ1) is 21.3. The van der Waals surface area contributed by atoms with Crippen molar-refractivity contribution in [3.8, 4) is 16.8 Å². The highest BCUT2D eigenvalue weighted by molar-refractivity contribution is 6.06. The molecule has 3 aromatic carbocycles. The molecule has 2 aromatic heterocycles. The number of hydrogen-bond donors (Lipinski definition) is 3. The van der Waals surface area contributed by atoms with Gasteiger partial charge in [0.05, 0.1) is 28.9 Å². The standard InChI is InChI=1S/C33H30FN3O7/c34-22-5-7-23(8-6-22)36-27-13-21-17-35-37(29-15-24(38)14-28(44-29)33(41)42)26(21)16-25(27)30(31(36)19-9-11-43-12-10-19)18-1-3-20(4-2-18)32(39)40/h1-8,13,16-17,19,24,28-29,38H,9-12,14-15H2,(H,39,40)(H,41,42). The predicted molar refractivity (Wildman–Crippen MR) is 158 cm³/mol. The van der Waals surface area contributed by atoms with Gasteiger partial charge in [0.15, 0.2) is 12.3 Å². The zero-order chi connectivity index (χ0) is 30.5. The first kappa shape index (κ1) is 28.2. The SMILES string of the molecule is O=C(O)c1ccc(-c2c(C3CCOCC3)n(-c3ccc(F)cc3)c3cc4cnn(C5CC(O)CC(C(=O)O)O5)c4cc23)cc1. The topological polar surface area (TPSA) is 136 Å². The number of ether oxygens (including phenoxy) is 2. The van der Waals surface area contributed by atoms with Crippen LogP contribution >= 0.6 is 0 Å². The first-order valence-electron chi connectivity index (χ1n) is 14.6. The summed E-state index contributed by atoms with van der Waals surface area (Å²) in [7, 11) is 0. The van der Waals surface area contributed by atoms with Crippen molar-refractivity contribution in [2.75, 3.05) is 13.2 Å². The van der Waals surface area contributed by atoms with Gasteiger partial charge in [-0.25, -0.2) is 18.7 Å². The summed E-state index contributed by atoms with van der Waals surface area (Å²) in [6.45, 7) is 1.19. The number of aromatic nitrogens is 3. The highest BCUT2D eigenvalue weighted by atomic mass is 19.1. The van der Waals surface area contributed by atoms with Crippen molar-refractivity contribution in [3.05, 3.63) is 83.9 Å². The summed E-state index contributed by atoms with van der Waals surface area (Å²) >= 11 is 0. The zero-order valence-electron chi connectivity index (χ0n) is 23.6. The van der Waals surface area contributed by atoms with E-state index in [0.29, 0.717) is 18.7 Å². The number of rotatable bonds is 6. The van der Waals surface area contributed by atoms with Crippen LogP contribution in [0, 0.1) is 5.82 Å². The highest BCUT2D eigenvalue weighted by Gasteiger charge is 2.35. The maximum atomic E-state index is 14.1. The van der Waals surface area contributed by atoms with Gasteiger partial charge in [0.2, 0.25) is 0 Å². The molecular formula is C33H30FN3O7. The molecule has 44 heavy (non-hydrogen) atoms. The van der Waals surface area contributed by atoms with Crippen molar-refractivity contribution >= 4 is 33.7 Å². The molecule has 10 nitrogen and oxygen atoms in total. The van der Waals surface area contributed by atoms with Crippen LogP contribution in [0.3, 0.4) is 0 Å². The van der Waals surface area contributed by atoms with E-state index in [4.69, 9.17) is 9.47 Å². The van der Waals surface area contributed by atoms with Crippen LogP contribution in [0.4, 0.5) is 4.39 Å². The van der Waals surface area contributed by atoms with Crippen LogP contribution in [-0.4, -0.2) is 67.0 Å². The molecule has 226 valence electrons. The summed E-state index contributed by atoms with van der Waals surface area (Å²) in [6.07, 6.45) is 0.613. The van der Waals surface area contributed by atoms with Crippen molar-refractivity contribution in [3.63, 3.8) is 0 Å². The summed E-state index contributed by atoms with van der Waals surface area (Å²) in [5.74, 6) is -2.41. The Morgan fingerprint density at radius 1 is 0.932 bits per heavy atom. The number of benzene rings is 3. The highest BCUT2D eigenvalue weighted by Crippen LogP contribution is 2.45. The number of halogens is 1. The molecule has 11 heteroatoms. The van der Waals surface area contributed by atoms with Crippen molar-refractivity contribution in [1.82, 2.24) is 14.3 Å². The first-order valence-corrected chi connectivity index (χ1v) is 14.6. The molecule has 0 radical (unpaired) electrons. The molecule has 7 rings (SSSR count). The van der Waals surface area contributed by atoms with Crippen LogP contribution in [0.25, 0.3) is 38.6 Å².